The van der Waals surface area contributed by atoms with E-state index in [0.717, 1.165) is 57.7 Å². The van der Waals surface area contributed by atoms with Crippen molar-refractivity contribution in [1.29, 1.82) is 0 Å². The fourth-order valence-electron chi connectivity index (χ4n) is 5.53. The van der Waals surface area contributed by atoms with Crippen LogP contribution >= 0.6 is 0 Å². The van der Waals surface area contributed by atoms with Crippen molar-refractivity contribution in [3.05, 3.63) is 77.4 Å². The number of hydrogen-bond acceptors (Lipinski definition) is 4. The van der Waals surface area contributed by atoms with Gasteiger partial charge >= 0.3 is 6.09 Å². The van der Waals surface area contributed by atoms with Crippen LogP contribution in [-0.2, 0) is 11.3 Å². The fraction of sp³-hybridized carbons (Fsp3) is 0.444. The van der Waals surface area contributed by atoms with Crippen molar-refractivity contribution in [3.8, 4) is 0 Å². The molecule has 0 spiro atoms. The summed E-state index contributed by atoms with van der Waals surface area (Å²) >= 11 is 0. The number of carbonyl (C=O) groups excluding carboxylic acids is 1. The van der Waals surface area contributed by atoms with Crippen molar-refractivity contribution < 1.29 is 9.53 Å². The van der Waals surface area contributed by atoms with Crippen LogP contribution in [0, 0.1) is 0 Å². The van der Waals surface area contributed by atoms with Crippen LogP contribution in [0.1, 0.15) is 48.4 Å². The highest BCUT2D eigenvalue weighted by molar-refractivity contribution is 5.70. The van der Waals surface area contributed by atoms with Crippen LogP contribution in [0.4, 0.5) is 10.5 Å². The largest absolute Gasteiger partial charge is 0.445 e. The predicted octanol–water partition coefficient (Wildman–Crippen LogP) is 4.96. The van der Waals surface area contributed by atoms with Gasteiger partial charge < -0.3 is 14.5 Å². The van der Waals surface area contributed by atoms with E-state index in [1.54, 1.807) is 0 Å². The summed E-state index contributed by atoms with van der Waals surface area (Å²) < 4.78 is 5.69. The number of benzene rings is 2. The molecule has 5 heteroatoms. The van der Waals surface area contributed by atoms with Gasteiger partial charge in [0.1, 0.15) is 6.61 Å². The van der Waals surface area contributed by atoms with Crippen LogP contribution in [0.15, 0.2) is 60.7 Å². The van der Waals surface area contributed by atoms with E-state index in [9.17, 15) is 4.79 Å². The normalized spacial score (nSPS) is 22.5. The van der Waals surface area contributed by atoms with Crippen LogP contribution in [0.3, 0.4) is 0 Å². The van der Waals surface area contributed by atoms with Crippen molar-refractivity contribution in [2.24, 2.45) is 0 Å². The highest BCUT2D eigenvalue weighted by Gasteiger charge is 2.41. The topological polar surface area (TPSA) is 36.0 Å². The molecule has 2 aromatic rings. The highest BCUT2D eigenvalue weighted by atomic mass is 16.6. The Morgan fingerprint density at radius 3 is 2.56 bits per heavy atom. The zero-order valence-corrected chi connectivity index (χ0v) is 19.0. The van der Waals surface area contributed by atoms with Gasteiger partial charge in [-0.3, -0.25) is 4.90 Å². The number of ether oxygens (including phenoxy) is 1. The van der Waals surface area contributed by atoms with Crippen molar-refractivity contribution in [2.75, 3.05) is 44.2 Å². The molecular weight excluding hydrogens is 398 g/mol. The zero-order valence-electron chi connectivity index (χ0n) is 19.0. The number of piperazine rings is 1. The number of fused-ring (bicyclic) bond motifs is 5. The van der Waals surface area contributed by atoms with E-state index in [4.69, 9.17) is 4.74 Å². The third kappa shape index (κ3) is 4.26. The molecule has 0 N–H and O–H groups in total. The summed E-state index contributed by atoms with van der Waals surface area (Å²) in [5.74, 6) is 0.564. The SMILES string of the molecule is C=C(C)CN1CCN(c2ccc3c(c2)[C@@H]2C[C@H]3CCN2C(=O)OCc2ccccc2)CC1. The fourth-order valence-corrected chi connectivity index (χ4v) is 5.53. The molecule has 0 saturated carbocycles. The first kappa shape index (κ1) is 21.1. The van der Waals surface area contributed by atoms with E-state index in [1.807, 2.05) is 35.2 Å². The first-order chi connectivity index (χ1) is 15.6. The molecule has 1 aliphatic carbocycles. The van der Waals surface area contributed by atoms with E-state index in [1.165, 1.54) is 22.4 Å². The lowest BCUT2D eigenvalue weighted by Crippen LogP contribution is -2.46. The third-order valence-corrected chi connectivity index (χ3v) is 7.14. The Balaban J connectivity index is 1.27. The number of amides is 1. The minimum Gasteiger partial charge on any atom is -0.445 e. The lowest BCUT2D eigenvalue weighted by atomic mass is 9.96. The molecule has 5 rings (SSSR count). The minimum absolute atomic E-state index is 0.136. The molecule has 2 saturated heterocycles. The Morgan fingerprint density at radius 1 is 1.03 bits per heavy atom. The molecule has 5 nitrogen and oxygen atoms in total. The molecule has 2 heterocycles. The second-order valence-electron chi connectivity index (χ2n) is 9.50. The van der Waals surface area contributed by atoms with E-state index in [-0.39, 0.29) is 12.1 Å². The molecule has 3 aliphatic rings. The molecule has 2 aromatic carbocycles. The Kier molecular flexibility index (Phi) is 5.92. The number of piperidine rings is 1. The molecule has 168 valence electrons. The summed E-state index contributed by atoms with van der Waals surface area (Å²) in [6.07, 6.45) is 1.85. The number of nitrogens with zero attached hydrogens (tertiary/aromatic N) is 3. The summed E-state index contributed by atoms with van der Waals surface area (Å²) in [7, 11) is 0. The Bertz CT molecular complexity index is 982. The van der Waals surface area contributed by atoms with Gasteiger partial charge in [-0.2, -0.15) is 0 Å². The van der Waals surface area contributed by atoms with Crippen LogP contribution < -0.4 is 4.90 Å². The number of rotatable bonds is 5. The minimum atomic E-state index is -0.191. The molecular formula is C27H33N3O2. The van der Waals surface area contributed by atoms with E-state index < -0.39 is 0 Å². The van der Waals surface area contributed by atoms with Crippen molar-refractivity contribution in [3.63, 3.8) is 0 Å². The molecule has 1 amide bonds. The van der Waals surface area contributed by atoms with Crippen LogP contribution in [0.25, 0.3) is 0 Å². The van der Waals surface area contributed by atoms with Crippen LogP contribution in [0.2, 0.25) is 0 Å². The quantitative estimate of drug-likeness (QED) is 0.627. The van der Waals surface area contributed by atoms with Gasteiger partial charge in [0.25, 0.3) is 0 Å². The van der Waals surface area contributed by atoms with Gasteiger partial charge in [0.2, 0.25) is 0 Å². The third-order valence-electron chi connectivity index (χ3n) is 7.14. The summed E-state index contributed by atoms with van der Waals surface area (Å²) in [5.41, 5.74) is 6.28. The highest BCUT2D eigenvalue weighted by Crippen LogP contribution is 2.50. The Labute approximate surface area is 191 Å². The standard InChI is InChI=1S/C27H33N3O2/c1-20(2)18-28-12-14-29(15-13-28)23-8-9-24-22-10-11-30(26(16-22)25(24)17-23)27(31)32-19-21-6-4-3-5-7-21/h3-9,17,22,26H,1,10-16,18-19H2,2H3/t22-,26+/m1/s1. The molecule has 2 fully saturated rings. The maximum absolute atomic E-state index is 13.0. The summed E-state index contributed by atoms with van der Waals surface area (Å²) in [5, 5.41) is 0. The smallest absolute Gasteiger partial charge is 0.410 e. The van der Waals surface area contributed by atoms with E-state index in [0.29, 0.717) is 12.5 Å². The predicted molar refractivity (Wildman–Crippen MR) is 128 cm³/mol. The van der Waals surface area contributed by atoms with Crippen LogP contribution in [0.5, 0.6) is 0 Å². The average Bonchev–Trinajstić information content (AvgIpc) is 3.09. The molecule has 2 bridgehead atoms. The van der Waals surface area contributed by atoms with Gasteiger partial charge in [0.05, 0.1) is 6.04 Å². The van der Waals surface area contributed by atoms with Gasteiger partial charge in [-0.1, -0.05) is 48.6 Å². The van der Waals surface area contributed by atoms with Crippen molar-refractivity contribution >= 4 is 11.8 Å². The number of carbonyl (C=O) groups is 1. The lowest BCUT2D eigenvalue weighted by Gasteiger charge is -2.36. The van der Waals surface area contributed by atoms with Gasteiger partial charge in [0.15, 0.2) is 0 Å². The lowest BCUT2D eigenvalue weighted by molar-refractivity contribution is 0.0694. The maximum atomic E-state index is 13.0. The van der Waals surface area contributed by atoms with Gasteiger partial charge in [0, 0.05) is 45.0 Å². The zero-order chi connectivity index (χ0) is 22.1. The first-order valence-corrected chi connectivity index (χ1v) is 11.8. The van der Waals surface area contributed by atoms with Gasteiger partial charge in [-0.25, -0.2) is 4.79 Å². The van der Waals surface area contributed by atoms with E-state index in [2.05, 4.69) is 41.5 Å². The summed E-state index contributed by atoms with van der Waals surface area (Å²) in [4.78, 5) is 19.9. The van der Waals surface area contributed by atoms with Crippen LogP contribution in [-0.4, -0.2) is 55.2 Å². The number of hydrogen-bond donors (Lipinski definition) is 0. The Morgan fingerprint density at radius 2 is 1.81 bits per heavy atom. The monoisotopic (exact) mass is 431 g/mol. The molecule has 0 aromatic heterocycles. The van der Waals surface area contributed by atoms with Crippen molar-refractivity contribution in [1.82, 2.24) is 9.80 Å². The van der Waals surface area contributed by atoms with Gasteiger partial charge in [-0.05, 0) is 54.5 Å². The first-order valence-electron chi connectivity index (χ1n) is 11.8. The molecule has 0 unspecified atom stereocenters. The second kappa shape index (κ2) is 8.99. The molecule has 32 heavy (non-hydrogen) atoms. The number of anilines is 1. The molecule has 0 radical (unpaired) electrons. The molecule has 2 atom stereocenters. The number of likely N-dealkylation sites (tertiary alicyclic amines) is 1. The summed E-state index contributed by atoms with van der Waals surface area (Å²) in [6, 6.07) is 17.0. The van der Waals surface area contributed by atoms with Gasteiger partial charge in [-0.15, -0.1) is 0 Å². The molecule has 2 aliphatic heterocycles. The van der Waals surface area contributed by atoms with Crippen molar-refractivity contribution in [2.45, 2.75) is 38.3 Å². The summed E-state index contributed by atoms with van der Waals surface area (Å²) in [6.45, 7) is 12.4. The maximum Gasteiger partial charge on any atom is 0.410 e. The second-order valence-corrected chi connectivity index (χ2v) is 9.50. The van der Waals surface area contributed by atoms with E-state index >= 15 is 0 Å². The Hall–Kier alpha value is -2.79. The average molecular weight is 432 g/mol.